The normalized spacial score (nSPS) is 26.9. The average Bonchev–Trinajstić information content (AvgIpc) is 3.48. The molecule has 0 aromatic heterocycles. The van der Waals surface area contributed by atoms with E-state index < -0.39 is 0 Å². The Bertz CT molecular complexity index is 579. The van der Waals surface area contributed by atoms with E-state index in [2.05, 4.69) is 34.1 Å². The largest absolute Gasteiger partial charge is 0.379 e. The van der Waals surface area contributed by atoms with Crippen molar-refractivity contribution >= 4 is 5.91 Å². The van der Waals surface area contributed by atoms with Crippen LogP contribution in [-0.4, -0.2) is 61.6 Å². The van der Waals surface area contributed by atoms with E-state index in [1.165, 1.54) is 18.5 Å². The molecule has 4 nitrogen and oxygen atoms in total. The summed E-state index contributed by atoms with van der Waals surface area (Å²) in [5, 5.41) is 0. The van der Waals surface area contributed by atoms with Gasteiger partial charge in [0.25, 0.3) is 0 Å². The second kappa shape index (κ2) is 7.46. The highest BCUT2D eigenvalue weighted by Gasteiger charge is 2.52. The summed E-state index contributed by atoms with van der Waals surface area (Å²) in [6.45, 7) is 6.92. The Balaban J connectivity index is 1.35. The van der Waals surface area contributed by atoms with E-state index in [-0.39, 0.29) is 5.41 Å². The number of benzene rings is 1. The molecule has 1 aliphatic carbocycles. The van der Waals surface area contributed by atoms with Crippen LogP contribution in [0.3, 0.4) is 0 Å². The Morgan fingerprint density at radius 1 is 1.04 bits per heavy atom. The second-order valence-corrected chi connectivity index (χ2v) is 7.95. The Morgan fingerprint density at radius 2 is 1.80 bits per heavy atom. The number of ether oxygens (including phenoxy) is 1. The Morgan fingerprint density at radius 3 is 2.52 bits per heavy atom. The predicted octanol–water partition coefficient (Wildman–Crippen LogP) is 2.68. The van der Waals surface area contributed by atoms with Gasteiger partial charge in [0.05, 0.1) is 18.6 Å². The van der Waals surface area contributed by atoms with Crippen LogP contribution in [0.25, 0.3) is 0 Å². The number of morpholine rings is 1. The number of nitrogens with zero attached hydrogens (tertiary/aromatic N) is 2. The molecule has 25 heavy (non-hydrogen) atoms. The van der Waals surface area contributed by atoms with Crippen LogP contribution >= 0.6 is 0 Å². The molecule has 3 aliphatic rings. The first-order valence-electron chi connectivity index (χ1n) is 9.93. The van der Waals surface area contributed by atoms with E-state index in [9.17, 15) is 4.79 Å². The van der Waals surface area contributed by atoms with Gasteiger partial charge in [-0.3, -0.25) is 9.69 Å². The third-order valence-corrected chi connectivity index (χ3v) is 6.24. The third kappa shape index (κ3) is 3.75. The predicted molar refractivity (Wildman–Crippen MR) is 98.5 cm³/mol. The number of likely N-dealkylation sites (tertiary alicyclic amines) is 1. The van der Waals surface area contributed by atoms with Crippen LogP contribution in [0.2, 0.25) is 0 Å². The van der Waals surface area contributed by atoms with Crippen LogP contribution in [0, 0.1) is 5.92 Å². The van der Waals surface area contributed by atoms with Crippen molar-refractivity contribution in [3.8, 4) is 0 Å². The van der Waals surface area contributed by atoms with Crippen LogP contribution in [-0.2, 0) is 14.9 Å². The minimum atomic E-state index is -0.203. The summed E-state index contributed by atoms with van der Waals surface area (Å²) in [4.78, 5) is 17.9. The highest BCUT2D eigenvalue weighted by Crippen LogP contribution is 2.49. The highest BCUT2D eigenvalue weighted by atomic mass is 16.5. The summed E-state index contributed by atoms with van der Waals surface area (Å²) < 4.78 is 5.45. The SMILES string of the molecule is O=C(N1CCCC(CN2CCOCC2)CC1)C1(c2ccccc2)CC1. The molecule has 2 aliphatic heterocycles. The molecule has 0 radical (unpaired) electrons. The molecule has 1 aromatic carbocycles. The average molecular weight is 342 g/mol. The van der Waals surface area contributed by atoms with Gasteiger partial charge in [0.1, 0.15) is 0 Å². The van der Waals surface area contributed by atoms with Gasteiger partial charge in [-0.2, -0.15) is 0 Å². The molecule has 4 rings (SSSR count). The topological polar surface area (TPSA) is 32.8 Å². The molecule has 0 N–H and O–H groups in total. The molecule has 4 heteroatoms. The lowest BCUT2D eigenvalue weighted by atomic mass is 9.94. The van der Waals surface area contributed by atoms with E-state index in [1.807, 2.05) is 6.07 Å². The maximum Gasteiger partial charge on any atom is 0.233 e. The number of carbonyl (C=O) groups excluding carboxylic acids is 1. The lowest BCUT2D eigenvalue weighted by molar-refractivity contribution is -0.134. The van der Waals surface area contributed by atoms with Gasteiger partial charge in [0.15, 0.2) is 0 Å². The van der Waals surface area contributed by atoms with Gasteiger partial charge in [-0.1, -0.05) is 30.3 Å². The number of carbonyl (C=O) groups is 1. The molecular formula is C21H30N2O2. The van der Waals surface area contributed by atoms with Crippen molar-refractivity contribution in [2.75, 3.05) is 45.9 Å². The van der Waals surface area contributed by atoms with E-state index in [1.54, 1.807) is 0 Å². The zero-order valence-electron chi connectivity index (χ0n) is 15.2. The van der Waals surface area contributed by atoms with Gasteiger partial charge < -0.3 is 9.64 Å². The van der Waals surface area contributed by atoms with Gasteiger partial charge in [-0.15, -0.1) is 0 Å². The summed E-state index contributed by atoms with van der Waals surface area (Å²) in [7, 11) is 0. The van der Waals surface area contributed by atoms with Crippen LogP contribution < -0.4 is 0 Å². The maximum absolute atomic E-state index is 13.2. The fourth-order valence-electron chi connectivity index (χ4n) is 4.51. The minimum Gasteiger partial charge on any atom is -0.379 e. The van der Waals surface area contributed by atoms with Crippen LogP contribution in [0.5, 0.6) is 0 Å². The Hall–Kier alpha value is -1.39. The van der Waals surface area contributed by atoms with Gasteiger partial charge in [0.2, 0.25) is 5.91 Å². The fourth-order valence-corrected chi connectivity index (χ4v) is 4.51. The van der Waals surface area contributed by atoms with Crippen LogP contribution in [0.1, 0.15) is 37.7 Å². The molecule has 1 amide bonds. The molecule has 136 valence electrons. The van der Waals surface area contributed by atoms with Crippen molar-refractivity contribution in [1.29, 1.82) is 0 Å². The summed E-state index contributed by atoms with van der Waals surface area (Å²) in [6.07, 6.45) is 5.58. The maximum atomic E-state index is 13.2. The standard InChI is InChI=1S/C21H30N2O2/c24-20(21(9-10-21)19-6-2-1-3-7-19)23-11-4-5-18(8-12-23)17-22-13-15-25-16-14-22/h1-3,6-7,18H,4-5,8-17H2. The zero-order valence-corrected chi connectivity index (χ0v) is 15.2. The second-order valence-electron chi connectivity index (χ2n) is 7.95. The van der Waals surface area contributed by atoms with Crippen molar-refractivity contribution in [3.63, 3.8) is 0 Å². The first-order chi connectivity index (χ1) is 12.3. The van der Waals surface area contributed by atoms with Crippen molar-refractivity contribution in [3.05, 3.63) is 35.9 Å². The number of amides is 1. The molecule has 2 saturated heterocycles. The molecule has 2 heterocycles. The molecule has 0 spiro atoms. The van der Waals surface area contributed by atoms with Crippen molar-refractivity contribution < 1.29 is 9.53 Å². The summed E-state index contributed by atoms with van der Waals surface area (Å²) >= 11 is 0. The van der Waals surface area contributed by atoms with Crippen molar-refractivity contribution in [1.82, 2.24) is 9.80 Å². The zero-order chi connectivity index (χ0) is 17.1. The monoisotopic (exact) mass is 342 g/mol. The van der Waals surface area contributed by atoms with Gasteiger partial charge in [-0.05, 0) is 43.6 Å². The number of rotatable bonds is 4. The molecule has 1 unspecified atom stereocenters. The Labute approximate surface area is 151 Å². The lowest BCUT2D eigenvalue weighted by Crippen LogP contribution is -2.41. The quantitative estimate of drug-likeness (QED) is 0.843. The summed E-state index contributed by atoms with van der Waals surface area (Å²) in [6, 6.07) is 10.4. The fraction of sp³-hybridized carbons (Fsp3) is 0.667. The van der Waals surface area contributed by atoms with Gasteiger partial charge in [0, 0.05) is 32.7 Å². The summed E-state index contributed by atoms with van der Waals surface area (Å²) in [5.74, 6) is 1.11. The first kappa shape index (κ1) is 17.0. The van der Waals surface area contributed by atoms with Crippen LogP contribution in [0.15, 0.2) is 30.3 Å². The first-order valence-corrected chi connectivity index (χ1v) is 9.93. The molecular weight excluding hydrogens is 312 g/mol. The number of hydrogen-bond acceptors (Lipinski definition) is 3. The molecule has 1 saturated carbocycles. The van der Waals surface area contributed by atoms with Gasteiger partial charge in [-0.25, -0.2) is 0 Å². The minimum absolute atomic E-state index is 0.203. The van der Waals surface area contributed by atoms with Gasteiger partial charge >= 0.3 is 0 Å². The highest BCUT2D eigenvalue weighted by molar-refractivity contribution is 5.91. The van der Waals surface area contributed by atoms with E-state index in [0.717, 1.165) is 71.0 Å². The Kier molecular flexibility index (Phi) is 5.09. The molecule has 3 fully saturated rings. The number of hydrogen-bond donors (Lipinski definition) is 0. The van der Waals surface area contributed by atoms with E-state index in [4.69, 9.17) is 4.74 Å². The van der Waals surface area contributed by atoms with E-state index >= 15 is 0 Å². The molecule has 1 atom stereocenters. The van der Waals surface area contributed by atoms with Crippen molar-refractivity contribution in [2.45, 2.75) is 37.5 Å². The molecule has 1 aromatic rings. The van der Waals surface area contributed by atoms with E-state index in [0.29, 0.717) is 5.91 Å². The smallest absolute Gasteiger partial charge is 0.233 e. The lowest BCUT2D eigenvalue weighted by Gasteiger charge is -2.30. The van der Waals surface area contributed by atoms with Crippen molar-refractivity contribution in [2.24, 2.45) is 5.92 Å². The van der Waals surface area contributed by atoms with Crippen LogP contribution in [0.4, 0.5) is 0 Å². The summed E-state index contributed by atoms with van der Waals surface area (Å²) in [5.41, 5.74) is 1.01. The molecule has 0 bridgehead atoms. The third-order valence-electron chi connectivity index (χ3n) is 6.24.